The van der Waals surface area contributed by atoms with Crippen molar-refractivity contribution in [2.75, 3.05) is 11.4 Å². The molecular weight excluding hydrogens is 282 g/mol. The minimum absolute atomic E-state index is 0.0330. The Bertz CT molecular complexity index is 578. The highest BCUT2D eigenvalue weighted by Crippen LogP contribution is 2.41. The van der Waals surface area contributed by atoms with E-state index in [2.05, 4.69) is 0 Å². The highest BCUT2D eigenvalue weighted by atomic mass is 32.1. The van der Waals surface area contributed by atoms with Crippen LogP contribution < -0.4 is 15.4 Å². The second-order valence-corrected chi connectivity index (χ2v) is 5.43. The molecule has 2 aliphatic heterocycles. The van der Waals surface area contributed by atoms with Crippen molar-refractivity contribution in [2.45, 2.75) is 19.1 Å². The average molecular weight is 295 g/mol. The Morgan fingerprint density at radius 1 is 1.53 bits per heavy atom. The largest absolute Gasteiger partial charge is 0.508 e. The third kappa shape index (κ3) is 1.81. The molecule has 1 aromatic carbocycles. The van der Waals surface area contributed by atoms with Crippen molar-refractivity contribution >= 4 is 40.3 Å². The Morgan fingerprint density at radius 3 is 2.95 bits per heavy atom. The number of rotatable bonds is 0. The van der Waals surface area contributed by atoms with Gasteiger partial charge >= 0.3 is 0 Å². The van der Waals surface area contributed by atoms with Gasteiger partial charge in [0.2, 0.25) is 0 Å². The zero-order chi connectivity index (χ0) is 13.7. The van der Waals surface area contributed by atoms with Crippen molar-refractivity contribution in [2.24, 2.45) is 5.73 Å². The number of ether oxygens (including phenoxy) is 1. The van der Waals surface area contributed by atoms with E-state index in [9.17, 15) is 5.11 Å². The minimum atomic E-state index is -0.0330. The van der Waals surface area contributed by atoms with Crippen molar-refractivity contribution < 1.29 is 9.84 Å². The Morgan fingerprint density at radius 2 is 2.26 bits per heavy atom. The van der Waals surface area contributed by atoms with E-state index in [1.807, 2.05) is 11.8 Å². The Labute approximate surface area is 121 Å². The van der Waals surface area contributed by atoms with Crippen molar-refractivity contribution in [1.29, 1.82) is 0 Å². The summed E-state index contributed by atoms with van der Waals surface area (Å²) in [4.78, 5) is 3.67. The monoisotopic (exact) mass is 295 g/mol. The molecule has 0 aromatic heterocycles. The summed E-state index contributed by atoms with van der Waals surface area (Å²) >= 11 is 10.5. The maximum absolute atomic E-state index is 9.65. The van der Waals surface area contributed by atoms with Crippen LogP contribution in [0.1, 0.15) is 6.92 Å². The second kappa shape index (κ2) is 4.21. The molecule has 0 bridgehead atoms. The normalized spacial score (nSPS) is 24.8. The van der Waals surface area contributed by atoms with Crippen molar-refractivity contribution in [3.05, 3.63) is 18.2 Å². The Balaban J connectivity index is 2.09. The summed E-state index contributed by atoms with van der Waals surface area (Å²) in [5.41, 5.74) is 6.45. The summed E-state index contributed by atoms with van der Waals surface area (Å²) in [7, 11) is 0. The van der Waals surface area contributed by atoms with Gasteiger partial charge in [-0.3, -0.25) is 4.90 Å². The zero-order valence-corrected chi connectivity index (χ0v) is 11.9. The van der Waals surface area contributed by atoms with Crippen LogP contribution in [-0.4, -0.2) is 38.9 Å². The van der Waals surface area contributed by atoms with Crippen LogP contribution in [0.5, 0.6) is 11.5 Å². The van der Waals surface area contributed by atoms with Gasteiger partial charge in [-0.25, -0.2) is 0 Å². The first kappa shape index (κ1) is 12.4. The van der Waals surface area contributed by atoms with Crippen LogP contribution in [0.4, 0.5) is 5.69 Å². The number of aromatic hydroxyl groups is 1. The molecule has 3 rings (SSSR count). The van der Waals surface area contributed by atoms with Crippen molar-refractivity contribution in [1.82, 2.24) is 4.90 Å². The summed E-state index contributed by atoms with van der Waals surface area (Å²) < 4.78 is 5.85. The van der Waals surface area contributed by atoms with E-state index in [0.29, 0.717) is 17.4 Å². The number of hydrogen-bond donors (Lipinski definition) is 2. The van der Waals surface area contributed by atoms with E-state index < -0.39 is 0 Å². The highest BCUT2D eigenvalue weighted by Gasteiger charge is 2.44. The van der Waals surface area contributed by atoms with Crippen LogP contribution in [0.25, 0.3) is 0 Å². The van der Waals surface area contributed by atoms with Crippen LogP contribution in [-0.2, 0) is 0 Å². The van der Waals surface area contributed by atoms with Crippen LogP contribution >= 0.6 is 24.4 Å². The van der Waals surface area contributed by atoms with Crippen molar-refractivity contribution in [3.8, 4) is 11.5 Å². The lowest BCUT2D eigenvalue weighted by Crippen LogP contribution is -2.47. The average Bonchev–Trinajstić information content (AvgIpc) is 2.69. The highest BCUT2D eigenvalue weighted by molar-refractivity contribution is 7.82. The van der Waals surface area contributed by atoms with Crippen LogP contribution in [0, 0.1) is 0 Å². The molecule has 0 amide bonds. The van der Waals surface area contributed by atoms with Crippen LogP contribution in [0.15, 0.2) is 18.2 Å². The number of phenolic OH excluding ortho intramolecular Hbond substituents is 1. The van der Waals surface area contributed by atoms with E-state index in [-0.39, 0.29) is 23.0 Å². The predicted molar refractivity (Wildman–Crippen MR) is 80.6 cm³/mol. The van der Waals surface area contributed by atoms with Gasteiger partial charge in [0.05, 0.1) is 18.3 Å². The first-order chi connectivity index (χ1) is 8.99. The molecule has 100 valence electrons. The number of hydrogen-bond acceptors (Lipinski definition) is 4. The molecule has 0 aliphatic carbocycles. The molecule has 0 saturated carbocycles. The van der Waals surface area contributed by atoms with Gasteiger partial charge in [0, 0.05) is 6.07 Å². The second-order valence-electron chi connectivity index (χ2n) is 4.64. The number of thiocarbonyl (C=S) groups is 2. The van der Waals surface area contributed by atoms with E-state index in [0.717, 1.165) is 5.69 Å². The molecule has 5 nitrogen and oxygen atoms in total. The van der Waals surface area contributed by atoms with Gasteiger partial charge in [0.25, 0.3) is 0 Å². The van der Waals surface area contributed by atoms with Gasteiger partial charge < -0.3 is 20.5 Å². The van der Waals surface area contributed by atoms with Crippen LogP contribution in [0.3, 0.4) is 0 Å². The van der Waals surface area contributed by atoms with E-state index >= 15 is 0 Å². The molecule has 2 atom stereocenters. The molecular formula is C12H13N3O2S2. The van der Waals surface area contributed by atoms with Gasteiger partial charge in [-0.05, 0) is 43.5 Å². The SMILES string of the molecule is CC1Oc2ccc(O)cc2N2C(=S)N(C(N)=S)CC12. The van der Waals surface area contributed by atoms with Gasteiger partial charge in [-0.2, -0.15) is 0 Å². The molecule has 2 aliphatic rings. The third-order valence-electron chi connectivity index (χ3n) is 3.46. The molecule has 1 fully saturated rings. The number of benzene rings is 1. The van der Waals surface area contributed by atoms with E-state index in [4.69, 9.17) is 34.9 Å². The summed E-state index contributed by atoms with van der Waals surface area (Å²) in [5, 5.41) is 10.5. The van der Waals surface area contributed by atoms with Gasteiger partial charge in [0.1, 0.15) is 17.6 Å². The lowest BCUT2D eigenvalue weighted by molar-refractivity contribution is 0.179. The first-order valence-electron chi connectivity index (χ1n) is 5.89. The van der Waals surface area contributed by atoms with Gasteiger partial charge in [-0.1, -0.05) is 0 Å². The fraction of sp³-hybridized carbons (Fsp3) is 0.333. The lowest BCUT2D eigenvalue weighted by atomic mass is 10.1. The van der Waals surface area contributed by atoms with Crippen molar-refractivity contribution in [3.63, 3.8) is 0 Å². The number of fused-ring (bicyclic) bond motifs is 3. The molecule has 1 saturated heterocycles. The van der Waals surface area contributed by atoms with E-state index in [1.165, 1.54) is 0 Å². The molecule has 2 heterocycles. The summed E-state index contributed by atoms with van der Waals surface area (Å²) in [6.07, 6.45) is -0.0330. The molecule has 0 radical (unpaired) electrons. The lowest BCUT2D eigenvalue weighted by Gasteiger charge is -2.36. The minimum Gasteiger partial charge on any atom is -0.508 e. The molecule has 3 N–H and O–H groups in total. The summed E-state index contributed by atoms with van der Waals surface area (Å²) in [6.45, 7) is 2.59. The third-order valence-corrected chi connectivity index (χ3v) is 4.10. The maximum atomic E-state index is 9.65. The summed E-state index contributed by atoms with van der Waals surface area (Å²) in [6, 6.07) is 5.02. The quantitative estimate of drug-likeness (QED) is 0.697. The molecule has 7 heteroatoms. The molecule has 2 unspecified atom stereocenters. The van der Waals surface area contributed by atoms with E-state index in [1.54, 1.807) is 23.1 Å². The van der Waals surface area contributed by atoms with Gasteiger partial charge in [-0.15, -0.1) is 0 Å². The number of nitrogens with zero attached hydrogens (tertiary/aromatic N) is 2. The predicted octanol–water partition coefficient (Wildman–Crippen LogP) is 1.19. The maximum Gasteiger partial charge on any atom is 0.183 e. The summed E-state index contributed by atoms with van der Waals surface area (Å²) in [5.74, 6) is 0.876. The molecule has 1 aromatic rings. The number of nitrogens with two attached hydrogens (primary N) is 1. The van der Waals surface area contributed by atoms with Gasteiger partial charge in [0.15, 0.2) is 10.2 Å². The fourth-order valence-electron chi connectivity index (χ4n) is 2.52. The Kier molecular flexibility index (Phi) is 2.75. The molecule has 19 heavy (non-hydrogen) atoms. The zero-order valence-electron chi connectivity index (χ0n) is 10.2. The number of anilines is 1. The Hall–Kier alpha value is -1.60. The number of phenols is 1. The topological polar surface area (TPSA) is 62.0 Å². The first-order valence-corrected chi connectivity index (χ1v) is 6.70. The standard InChI is InChI=1S/C12H13N3O2S2/c1-6-9-5-14(11(13)18)12(19)15(9)8-4-7(16)2-3-10(8)17-6/h2-4,6,9,16H,5H2,1H3,(H2,13,18). The fourth-order valence-corrected chi connectivity index (χ4v) is 3.14. The van der Waals surface area contributed by atoms with Crippen LogP contribution in [0.2, 0.25) is 0 Å². The molecule has 0 spiro atoms. The smallest absolute Gasteiger partial charge is 0.183 e.